The van der Waals surface area contributed by atoms with Gasteiger partial charge in [-0.2, -0.15) is 0 Å². The standard InChI is InChI=1S/C13H16N2O3/c1-8(13(17)18)15-12(16)10-4-5-11-9(7-10)3-2-6-14-11/h4-5,7-8,14H,2-3,6H2,1H3,(H,15,16)(H,17,18)/t8-/m0/s1. The molecule has 1 aromatic rings. The van der Waals surface area contributed by atoms with E-state index in [9.17, 15) is 9.59 Å². The Morgan fingerprint density at radius 2 is 2.22 bits per heavy atom. The predicted octanol–water partition coefficient (Wildman–Crippen LogP) is 1.25. The number of nitrogens with one attached hydrogen (secondary N) is 2. The van der Waals surface area contributed by atoms with Gasteiger partial charge in [0, 0.05) is 17.8 Å². The number of hydrogen-bond acceptors (Lipinski definition) is 3. The molecule has 3 N–H and O–H groups in total. The Morgan fingerprint density at radius 1 is 1.44 bits per heavy atom. The summed E-state index contributed by atoms with van der Waals surface area (Å²) in [7, 11) is 0. The molecule has 1 atom stereocenters. The zero-order chi connectivity index (χ0) is 13.1. The summed E-state index contributed by atoms with van der Waals surface area (Å²) in [5.74, 6) is -1.39. The van der Waals surface area contributed by atoms with Crippen LogP contribution in [0.15, 0.2) is 18.2 Å². The van der Waals surface area contributed by atoms with Crippen molar-refractivity contribution in [3.63, 3.8) is 0 Å². The maximum Gasteiger partial charge on any atom is 0.325 e. The Kier molecular flexibility index (Phi) is 3.50. The molecule has 18 heavy (non-hydrogen) atoms. The fraction of sp³-hybridized carbons (Fsp3) is 0.385. The number of aliphatic carboxylic acids is 1. The number of benzene rings is 1. The van der Waals surface area contributed by atoms with Gasteiger partial charge in [0.2, 0.25) is 0 Å². The van der Waals surface area contributed by atoms with Gasteiger partial charge in [0.15, 0.2) is 0 Å². The van der Waals surface area contributed by atoms with Gasteiger partial charge in [-0.15, -0.1) is 0 Å². The van der Waals surface area contributed by atoms with Crippen LogP contribution in [0, 0.1) is 0 Å². The highest BCUT2D eigenvalue weighted by molar-refractivity contribution is 5.97. The van der Waals surface area contributed by atoms with E-state index in [1.807, 2.05) is 12.1 Å². The Hall–Kier alpha value is -2.04. The summed E-state index contributed by atoms with van der Waals surface area (Å²) in [6.07, 6.45) is 1.99. The van der Waals surface area contributed by atoms with Gasteiger partial charge in [-0.3, -0.25) is 9.59 Å². The van der Waals surface area contributed by atoms with Crippen LogP contribution >= 0.6 is 0 Å². The van der Waals surface area contributed by atoms with Crippen LogP contribution < -0.4 is 10.6 Å². The zero-order valence-electron chi connectivity index (χ0n) is 10.2. The van der Waals surface area contributed by atoms with Crippen molar-refractivity contribution in [2.45, 2.75) is 25.8 Å². The molecule has 0 aromatic heterocycles. The van der Waals surface area contributed by atoms with Crippen molar-refractivity contribution >= 4 is 17.6 Å². The molecule has 0 saturated heterocycles. The molecule has 1 aliphatic heterocycles. The van der Waals surface area contributed by atoms with Crippen LogP contribution in [-0.4, -0.2) is 29.6 Å². The molecular formula is C13H16N2O3. The van der Waals surface area contributed by atoms with Gasteiger partial charge in [0.25, 0.3) is 5.91 Å². The van der Waals surface area contributed by atoms with E-state index in [2.05, 4.69) is 10.6 Å². The fourth-order valence-electron chi connectivity index (χ4n) is 1.96. The lowest BCUT2D eigenvalue weighted by Gasteiger charge is -2.18. The lowest BCUT2D eigenvalue weighted by Crippen LogP contribution is -2.38. The summed E-state index contributed by atoms with van der Waals surface area (Å²) in [6, 6.07) is 4.52. The molecule has 1 aliphatic rings. The van der Waals surface area contributed by atoms with E-state index in [0.29, 0.717) is 5.56 Å². The van der Waals surface area contributed by atoms with Crippen molar-refractivity contribution in [2.75, 3.05) is 11.9 Å². The van der Waals surface area contributed by atoms with Crippen LogP contribution in [-0.2, 0) is 11.2 Å². The maximum absolute atomic E-state index is 11.9. The monoisotopic (exact) mass is 248 g/mol. The first-order chi connectivity index (χ1) is 8.58. The molecule has 0 aliphatic carbocycles. The van der Waals surface area contributed by atoms with Crippen molar-refractivity contribution in [1.82, 2.24) is 5.32 Å². The van der Waals surface area contributed by atoms with Gasteiger partial charge in [-0.05, 0) is 43.5 Å². The average Bonchev–Trinajstić information content (AvgIpc) is 2.37. The van der Waals surface area contributed by atoms with Crippen molar-refractivity contribution < 1.29 is 14.7 Å². The van der Waals surface area contributed by atoms with Crippen LogP contribution in [0.5, 0.6) is 0 Å². The van der Waals surface area contributed by atoms with Crippen LogP contribution in [0.25, 0.3) is 0 Å². The van der Waals surface area contributed by atoms with Crippen LogP contribution in [0.1, 0.15) is 29.3 Å². The third-order valence-corrected chi connectivity index (χ3v) is 3.02. The lowest BCUT2D eigenvalue weighted by molar-refractivity contribution is -0.138. The van der Waals surface area contributed by atoms with Gasteiger partial charge in [-0.25, -0.2) is 0 Å². The molecule has 1 aromatic carbocycles. The second-order valence-corrected chi connectivity index (χ2v) is 4.44. The molecule has 2 rings (SSSR count). The Morgan fingerprint density at radius 3 is 2.94 bits per heavy atom. The summed E-state index contributed by atoms with van der Waals surface area (Å²) in [5, 5.41) is 14.5. The van der Waals surface area contributed by atoms with E-state index in [-0.39, 0.29) is 5.91 Å². The smallest absolute Gasteiger partial charge is 0.325 e. The van der Waals surface area contributed by atoms with E-state index in [0.717, 1.165) is 30.6 Å². The van der Waals surface area contributed by atoms with Crippen molar-refractivity contribution in [3.8, 4) is 0 Å². The first kappa shape index (κ1) is 12.4. The number of fused-ring (bicyclic) bond motifs is 1. The number of aryl methyl sites for hydroxylation is 1. The van der Waals surface area contributed by atoms with Crippen molar-refractivity contribution in [3.05, 3.63) is 29.3 Å². The van der Waals surface area contributed by atoms with Crippen LogP contribution in [0.3, 0.4) is 0 Å². The molecule has 0 radical (unpaired) electrons. The Bertz CT molecular complexity index is 485. The topological polar surface area (TPSA) is 78.4 Å². The molecule has 1 amide bonds. The number of rotatable bonds is 3. The molecule has 0 saturated carbocycles. The largest absolute Gasteiger partial charge is 0.480 e. The highest BCUT2D eigenvalue weighted by Crippen LogP contribution is 2.22. The summed E-state index contributed by atoms with van der Waals surface area (Å²) < 4.78 is 0. The number of anilines is 1. The lowest BCUT2D eigenvalue weighted by atomic mass is 10.0. The van der Waals surface area contributed by atoms with Crippen molar-refractivity contribution in [1.29, 1.82) is 0 Å². The van der Waals surface area contributed by atoms with Gasteiger partial charge < -0.3 is 15.7 Å². The molecule has 5 heteroatoms. The van der Waals surface area contributed by atoms with E-state index < -0.39 is 12.0 Å². The molecule has 0 unspecified atom stereocenters. The Balaban J connectivity index is 2.13. The maximum atomic E-state index is 11.9. The van der Waals surface area contributed by atoms with E-state index in [1.165, 1.54) is 6.92 Å². The van der Waals surface area contributed by atoms with E-state index >= 15 is 0 Å². The minimum absolute atomic E-state index is 0.349. The fourth-order valence-corrected chi connectivity index (χ4v) is 1.96. The molecule has 1 heterocycles. The normalized spacial score (nSPS) is 15.2. The summed E-state index contributed by atoms with van der Waals surface area (Å²) in [4.78, 5) is 22.5. The molecule has 0 bridgehead atoms. The minimum Gasteiger partial charge on any atom is -0.480 e. The molecule has 96 valence electrons. The van der Waals surface area contributed by atoms with Crippen LogP contribution in [0.4, 0.5) is 5.69 Å². The van der Waals surface area contributed by atoms with Gasteiger partial charge in [0.1, 0.15) is 6.04 Å². The van der Waals surface area contributed by atoms with Crippen LogP contribution in [0.2, 0.25) is 0 Å². The molecule has 5 nitrogen and oxygen atoms in total. The highest BCUT2D eigenvalue weighted by Gasteiger charge is 2.17. The number of hydrogen-bond donors (Lipinski definition) is 3. The number of carboxylic acid groups (broad SMARTS) is 1. The second-order valence-electron chi connectivity index (χ2n) is 4.44. The molecule has 0 fully saturated rings. The SMILES string of the molecule is C[C@H](NC(=O)c1ccc2c(c1)CCCN2)C(=O)O. The highest BCUT2D eigenvalue weighted by atomic mass is 16.4. The van der Waals surface area contributed by atoms with Gasteiger partial charge in [-0.1, -0.05) is 0 Å². The summed E-state index contributed by atoms with van der Waals surface area (Å²) in [5.41, 5.74) is 2.67. The molecular weight excluding hydrogens is 232 g/mol. The van der Waals surface area contributed by atoms with Crippen molar-refractivity contribution in [2.24, 2.45) is 0 Å². The van der Waals surface area contributed by atoms with Gasteiger partial charge in [0.05, 0.1) is 0 Å². The van der Waals surface area contributed by atoms with E-state index in [4.69, 9.17) is 5.11 Å². The minimum atomic E-state index is -1.04. The number of carbonyl (C=O) groups excluding carboxylic acids is 1. The average molecular weight is 248 g/mol. The number of carboxylic acids is 1. The number of carbonyl (C=O) groups is 2. The first-order valence-electron chi connectivity index (χ1n) is 5.98. The molecule has 0 spiro atoms. The predicted molar refractivity (Wildman–Crippen MR) is 67.8 cm³/mol. The summed E-state index contributed by atoms with van der Waals surface area (Å²) >= 11 is 0. The van der Waals surface area contributed by atoms with E-state index in [1.54, 1.807) is 6.07 Å². The quantitative estimate of drug-likeness (QED) is 0.752. The Labute approximate surface area is 105 Å². The van der Waals surface area contributed by atoms with Gasteiger partial charge >= 0.3 is 5.97 Å². The summed E-state index contributed by atoms with van der Waals surface area (Å²) in [6.45, 7) is 2.40. The third kappa shape index (κ3) is 2.61. The number of amides is 1. The first-order valence-corrected chi connectivity index (χ1v) is 5.98. The third-order valence-electron chi connectivity index (χ3n) is 3.02. The zero-order valence-corrected chi connectivity index (χ0v) is 10.2. The second kappa shape index (κ2) is 5.08.